The van der Waals surface area contributed by atoms with Crippen molar-refractivity contribution in [2.24, 2.45) is 0 Å². The van der Waals surface area contributed by atoms with Gasteiger partial charge in [0.2, 0.25) is 5.95 Å². The van der Waals surface area contributed by atoms with E-state index in [2.05, 4.69) is 33.3 Å². The molecule has 0 bridgehead atoms. The summed E-state index contributed by atoms with van der Waals surface area (Å²) in [7, 11) is 2.07. The second kappa shape index (κ2) is 9.66. The van der Waals surface area contributed by atoms with Gasteiger partial charge in [-0.1, -0.05) is 13.0 Å². The molecule has 0 unspecified atom stereocenters. The lowest BCUT2D eigenvalue weighted by Gasteiger charge is -2.26. The maximum atomic E-state index is 13.6. The number of carboxylic acids is 1. The molecule has 0 aliphatic carbocycles. The lowest BCUT2D eigenvalue weighted by Crippen LogP contribution is -2.26. The number of aromatic nitrogens is 2. The lowest BCUT2D eigenvalue weighted by atomic mass is 9.95. The van der Waals surface area contributed by atoms with Crippen LogP contribution in [0.4, 0.5) is 24.8 Å². The van der Waals surface area contributed by atoms with Crippen molar-refractivity contribution in [3.8, 4) is 10.6 Å². The van der Waals surface area contributed by atoms with E-state index in [1.165, 1.54) is 22.6 Å². The smallest absolute Gasteiger partial charge is 0.420 e. The van der Waals surface area contributed by atoms with Crippen molar-refractivity contribution in [2.75, 3.05) is 18.9 Å². The predicted octanol–water partition coefficient (Wildman–Crippen LogP) is 5.64. The summed E-state index contributed by atoms with van der Waals surface area (Å²) in [5.74, 6) is -1.18. The molecular weight excluding hydrogens is 477 g/mol. The molecule has 0 amide bonds. The largest absolute Gasteiger partial charge is 0.478 e. The summed E-state index contributed by atoms with van der Waals surface area (Å²) in [4.78, 5) is 21.6. The van der Waals surface area contributed by atoms with Gasteiger partial charge in [-0.25, -0.2) is 14.8 Å². The van der Waals surface area contributed by atoms with Gasteiger partial charge in [0.1, 0.15) is 5.56 Å². The topological polar surface area (TPSA) is 78.3 Å². The lowest BCUT2D eigenvalue weighted by molar-refractivity contribution is -0.137. The third kappa shape index (κ3) is 5.29. The number of thiophene rings is 1. The van der Waals surface area contributed by atoms with Crippen molar-refractivity contribution >= 4 is 41.3 Å². The molecule has 3 heterocycles. The van der Waals surface area contributed by atoms with E-state index in [0.717, 1.165) is 54.7 Å². The van der Waals surface area contributed by atoms with Gasteiger partial charge in [-0.15, -0.1) is 23.7 Å². The molecule has 11 heteroatoms. The number of nitrogens with one attached hydrogen (secondary N) is 1. The number of aryl methyl sites for hydroxylation is 1. The highest BCUT2D eigenvalue weighted by molar-refractivity contribution is 7.13. The molecule has 176 valence electrons. The molecular formula is C22H22ClF3N4O2S. The molecule has 1 aromatic carbocycles. The second-order valence-corrected chi connectivity index (χ2v) is 8.61. The van der Waals surface area contributed by atoms with Crippen LogP contribution in [0.2, 0.25) is 0 Å². The van der Waals surface area contributed by atoms with Crippen molar-refractivity contribution in [1.82, 2.24) is 14.9 Å². The molecule has 6 nitrogen and oxygen atoms in total. The van der Waals surface area contributed by atoms with Gasteiger partial charge in [-0.3, -0.25) is 0 Å². The molecule has 0 spiro atoms. The number of rotatable bonds is 5. The standard InChI is InChI=1S/C22H21F3N4O2S.ClH/c1-3-12-6-14-10-29(2)5-4-13(14)7-17(12)27-21-26-9-16(22(23,24)25)19(28-21)18-8-15(11-32-18)20(30)31;/h6-9,11H,3-5,10H2,1-2H3,(H,30,31)(H,26,27,28);1H. The van der Waals surface area contributed by atoms with E-state index in [1.54, 1.807) is 0 Å². The van der Waals surface area contributed by atoms with E-state index in [0.29, 0.717) is 0 Å². The SMILES string of the molecule is CCc1cc2c(cc1Nc1ncc(C(F)(F)F)c(-c3cc(C(=O)O)cs3)n1)CCN(C)C2.Cl. The summed E-state index contributed by atoms with van der Waals surface area (Å²) < 4.78 is 40.7. The van der Waals surface area contributed by atoms with Gasteiger partial charge in [0.25, 0.3) is 0 Å². The van der Waals surface area contributed by atoms with Crippen LogP contribution in [0.25, 0.3) is 10.6 Å². The molecule has 2 N–H and O–H groups in total. The van der Waals surface area contributed by atoms with E-state index in [4.69, 9.17) is 5.11 Å². The number of likely N-dealkylation sites (N-methyl/N-ethyl adjacent to an activating group) is 1. The Morgan fingerprint density at radius 2 is 2.03 bits per heavy atom. The molecule has 0 fully saturated rings. The number of aromatic carboxylic acids is 1. The Labute approximate surface area is 198 Å². The van der Waals surface area contributed by atoms with Crippen molar-refractivity contribution in [3.05, 3.63) is 57.6 Å². The number of anilines is 2. The average molecular weight is 499 g/mol. The Kier molecular flexibility index (Phi) is 7.30. The number of carboxylic acid groups (broad SMARTS) is 1. The first-order valence-corrected chi connectivity index (χ1v) is 10.9. The van der Waals surface area contributed by atoms with E-state index < -0.39 is 17.7 Å². The van der Waals surface area contributed by atoms with Gasteiger partial charge in [-0.05, 0) is 48.7 Å². The van der Waals surface area contributed by atoms with E-state index in [9.17, 15) is 18.0 Å². The minimum absolute atomic E-state index is 0. The van der Waals surface area contributed by atoms with Crippen molar-refractivity contribution in [3.63, 3.8) is 0 Å². The highest BCUT2D eigenvalue weighted by Crippen LogP contribution is 2.39. The predicted molar refractivity (Wildman–Crippen MR) is 124 cm³/mol. The maximum absolute atomic E-state index is 13.6. The van der Waals surface area contributed by atoms with Gasteiger partial charge < -0.3 is 15.3 Å². The van der Waals surface area contributed by atoms with E-state index in [-0.39, 0.29) is 34.5 Å². The fourth-order valence-corrected chi connectivity index (χ4v) is 4.63. The molecule has 33 heavy (non-hydrogen) atoms. The number of carbonyl (C=O) groups is 1. The molecule has 0 atom stereocenters. The van der Waals surface area contributed by atoms with Crippen molar-refractivity contribution in [1.29, 1.82) is 0 Å². The van der Waals surface area contributed by atoms with Crippen LogP contribution < -0.4 is 5.32 Å². The van der Waals surface area contributed by atoms with E-state index >= 15 is 0 Å². The molecule has 0 saturated carbocycles. The van der Waals surface area contributed by atoms with Crippen LogP contribution >= 0.6 is 23.7 Å². The summed E-state index contributed by atoms with van der Waals surface area (Å²) in [5, 5.41) is 13.5. The Balaban J connectivity index is 0.00000306. The number of fused-ring (bicyclic) bond motifs is 1. The van der Waals surface area contributed by atoms with Crippen molar-refractivity contribution < 1.29 is 23.1 Å². The number of hydrogen-bond acceptors (Lipinski definition) is 6. The van der Waals surface area contributed by atoms with Crippen LogP contribution in [0.15, 0.2) is 29.8 Å². The van der Waals surface area contributed by atoms with Crippen LogP contribution in [0.1, 0.15) is 39.5 Å². The zero-order chi connectivity index (χ0) is 23.0. The molecule has 4 rings (SSSR count). The monoisotopic (exact) mass is 498 g/mol. The number of hydrogen-bond donors (Lipinski definition) is 2. The average Bonchev–Trinajstić information content (AvgIpc) is 3.23. The first-order chi connectivity index (χ1) is 15.2. The summed E-state index contributed by atoms with van der Waals surface area (Å²) in [5.41, 5.74) is 2.79. The van der Waals surface area contributed by atoms with Gasteiger partial charge in [0, 0.05) is 30.4 Å². The van der Waals surface area contributed by atoms with Gasteiger partial charge in [0.15, 0.2) is 0 Å². The Hall–Kier alpha value is -2.69. The highest BCUT2D eigenvalue weighted by Gasteiger charge is 2.36. The second-order valence-electron chi connectivity index (χ2n) is 7.70. The van der Waals surface area contributed by atoms with Crippen LogP contribution in [-0.2, 0) is 25.6 Å². The van der Waals surface area contributed by atoms with Crippen molar-refractivity contribution in [2.45, 2.75) is 32.5 Å². The first-order valence-electron chi connectivity index (χ1n) is 10.0. The quantitative estimate of drug-likeness (QED) is 0.474. The maximum Gasteiger partial charge on any atom is 0.420 e. The minimum atomic E-state index is -4.67. The number of alkyl halides is 3. The normalized spacial score (nSPS) is 13.8. The fraction of sp³-hybridized carbons (Fsp3) is 0.318. The molecule has 3 aromatic rings. The Morgan fingerprint density at radius 3 is 2.67 bits per heavy atom. The zero-order valence-corrected chi connectivity index (χ0v) is 19.5. The van der Waals surface area contributed by atoms with Crippen LogP contribution in [0, 0.1) is 0 Å². The molecule has 1 aliphatic rings. The van der Waals surface area contributed by atoms with E-state index in [1.807, 2.05) is 13.0 Å². The zero-order valence-electron chi connectivity index (χ0n) is 17.9. The molecule has 2 aromatic heterocycles. The van der Waals surface area contributed by atoms with Crippen LogP contribution in [0.5, 0.6) is 0 Å². The Bertz CT molecular complexity index is 1180. The summed E-state index contributed by atoms with van der Waals surface area (Å²) >= 11 is 0.899. The third-order valence-corrected chi connectivity index (χ3v) is 6.37. The number of halogens is 4. The third-order valence-electron chi connectivity index (χ3n) is 5.43. The highest BCUT2D eigenvalue weighted by atomic mass is 35.5. The summed E-state index contributed by atoms with van der Waals surface area (Å²) in [6.45, 7) is 3.80. The number of benzene rings is 1. The fourth-order valence-electron chi connectivity index (χ4n) is 3.74. The molecule has 0 radical (unpaired) electrons. The molecule has 1 aliphatic heterocycles. The van der Waals surface area contributed by atoms with Crippen LogP contribution in [-0.4, -0.2) is 39.5 Å². The number of nitrogens with zero attached hydrogens (tertiary/aromatic N) is 3. The first kappa shape index (κ1) is 24.9. The van der Waals surface area contributed by atoms with Crippen LogP contribution in [0.3, 0.4) is 0 Å². The summed E-state index contributed by atoms with van der Waals surface area (Å²) in [6, 6.07) is 5.34. The Morgan fingerprint density at radius 1 is 1.27 bits per heavy atom. The van der Waals surface area contributed by atoms with Gasteiger partial charge >= 0.3 is 12.1 Å². The van der Waals surface area contributed by atoms with Gasteiger partial charge in [0.05, 0.1) is 16.1 Å². The minimum Gasteiger partial charge on any atom is -0.478 e. The molecule has 0 saturated heterocycles. The van der Waals surface area contributed by atoms with Gasteiger partial charge in [-0.2, -0.15) is 13.2 Å². The summed E-state index contributed by atoms with van der Waals surface area (Å²) in [6.07, 6.45) is -2.31.